The van der Waals surface area contributed by atoms with Gasteiger partial charge in [0, 0.05) is 6.61 Å². The highest BCUT2D eigenvalue weighted by Gasteiger charge is 2.49. The lowest BCUT2D eigenvalue weighted by atomic mass is 10.1. The molecule has 0 aliphatic heterocycles. The Morgan fingerprint density at radius 3 is 2.11 bits per heavy atom. The third-order valence-electron chi connectivity index (χ3n) is 5.82. The summed E-state index contributed by atoms with van der Waals surface area (Å²) in [6, 6.07) is 19.8. The first-order valence-corrected chi connectivity index (χ1v) is 13.4. The van der Waals surface area contributed by atoms with E-state index in [-0.39, 0.29) is 11.0 Å². The van der Waals surface area contributed by atoms with Gasteiger partial charge in [0.2, 0.25) is 11.9 Å². The van der Waals surface area contributed by atoms with Gasteiger partial charge in [-0.15, -0.1) is 0 Å². The van der Waals surface area contributed by atoms with Crippen LogP contribution in [0.5, 0.6) is 0 Å². The summed E-state index contributed by atoms with van der Waals surface area (Å²) >= 11 is 0. The van der Waals surface area contributed by atoms with E-state index in [4.69, 9.17) is 9.53 Å². The van der Waals surface area contributed by atoms with Crippen LogP contribution in [0.4, 0.5) is 10.7 Å². The van der Waals surface area contributed by atoms with Crippen molar-refractivity contribution in [2.24, 2.45) is 0 Å². The molecule has 0 aliphatic rings. The van der Waals surface area contributed by atoms with Crippen molar-refractivity contribution in [3.63, 3.8) is 0 Å². The minimum atomic E-state index is -2.63. The van der Waals surface area contributed by atoms with Crippen LogP contribution in [-0.2, 0) is 9.22 Å². The van der Waals surface area contributed by atoms with Crippen LogP contribution >= 0.6 is 0 Å². The molecule has 2 amide bonds. The van der Waals surface area contributed by atoms with Gasteiger partial charge in [0.05, 0.1) is 0 Å². The Hall–Kier alpha value is -3.57. The molecule has 1 heterocycles. The summed E-state index contributed by atoms with van der Waals surface area (Å²) in [4.78, 5) is 23.7. The predicted molar refractivity (Wildman–Crippen MR) is 135 cm³/mol. The lowest BCUT2D eigenvalue weighted by molar-refractivity contribution is -0.118. The number of aromatic amines is 1. The van der Waals surface area contributed by atoms with Crippen molar-refractivity contribution in [1.82, 2.24) is 25.9 Å². The molecule has 186 valence electrons. The minimum absolute atomic E-state index is 0.0576. The average Bonchev–Trinajstić information content (AvgIpc) is 3.34. The summed E-state index contributed by atoms with van der Waals surface area (Å²) in [6.07, 6.45) is 0.290. The summed E-state index contributed by atoms with van der Waals surface area (Å²) in [7, 11) is -2.63. The number of nitrogens with zero attached hydrogens (tertiary/aromatic N) is 3. The molecule has 35 heavy (non-hydrogen) atoms. The number of hydrogen-bond donors (Lipinski definition) is 4. The molecular formula is C24H32N6O4Si. The number of H-pyrrole nitrogens is 1. The number of amides is 2. The molecule has 0 spiro atoms. The molecule has 10 nitrogen and oxygen atoms in total. The molecule has 0 saturated heterocycles. The van der Waals surface area contributed by atoms with Crippen molar-refractivity contribution in [2.75, 3.05) is 11.9 Å². The molecule has 1 aromatic heterocycles. The van der Waals surface area contributed by atoms with E-state index in [1.54, 1.807) is 0 Å². The number of carbonyl (C=O) groups is 2. The SMILES string of the molecule is CC(C)(C)[Si](OCCCCC(NC(=O)O)C(=O)Nc1nnn[nH]1)(c1ccccc1)c1ccccc1. The molecule has 1 unspecified atom stereocenters. The zero-order valence-corrected chi connectivity index (χ0v) is 21.2. The van der Waals surface area contributed by atoms with Crippen LogP contribution < -0.4 is 21.0 Å². The van der Waals surface area contributed by atoms with Gasteiger partial charge in [-0.2, -0.15) is 0 Å². The number of rotatable bonds is 11. The third kappa shape index (κ3) is 6.52. The maximum Gasteiger partial charge on any atom is 0.405 e. The first kappa shape index (κ1) is 26.0. The molecule has 3 rings (SSSR count). The fourth-order valence-corrected chi connectivity index (χ4v) is 8.88. The second-order valence-corrected chi connectivity index (χ2v) is 13.6. The van der Waals surface area contributed by atoms with Crippen LogP contribution in [0.25, 0.3) is 0 Å². The molecule has 4 N–H and O–H groups in total. The number of nitrogens with one attached hydrogen (secondary N) is 3. The third-order valence-corrected chi connectivity index (χ3v) is 10.9. The highest BCUT2D eigenvalue weighted by atomic mass is 28.4. The van der Waals surface area contributed by atoms with Gasteiger partial charge in [0.25, 0.3) is 8.32 Å². The van der Waals surface area contributed by atoms with Crippen molar-refractivity contribution in [2.45, 2.75) is 51.1 Å². The number of benzene rings is 2. The van der Waals surface area contributed by atoms with E-state index in [9.17, 15) is 9.59 Å². The fourth-order valence-electron chi connectivity index (χ4n) is 4.27. The van der Waals surface area contributed by atoms with Crippen LogP contribution in [-0.4, -0.2) is 58.7 Å². The van der Waals surface area contributed by atoms with Crippen molar-refractivity contribution >= 4 is 36.6 Å². The Balaban J connectivity index is 1.70. The summed E-state index contributed by atoms with van der Waals surface area (Å²) in [5.74, 6) is -0.471. The maximum atomic E-state index is 12.5. The van der Waals surface area contributed by atoms with Crippen LogP contribution in [0.3, 0.4) is 0 Å². The van der Waals surface area contributed by atoms with Crippen molar-refractivity contribution < 1.29 is 19.1 Å². The summed E-state index contributed by atoms with van der Waals surface area (Å²) in [5.41, 5.74) is 0. The minimum Gasteiger partial charge on any atom is -0.465 e. The van der Waals surface area contributed by atoms with Gasteiger partial charge in [0.1, 0.15) is 6.04 Å². The van der Waals surface area contributed by atoms with E-state index >= 15 is 0 Å². The summed E-state index contributed by atoms with van der Waals surface area (Å²) < 4.78 is 6.85. The highest BCUT2D eigenvalue weighted by molar-refractivity contribution is 6.99. The van der Waals surface area contributed by atoms with Gasteiger partial charge in [0.15, 0.2) is 0 Å². The fraction of sp³-hybridized carbons (Fsp3) is 0.375. The van der Waals surface area contributed by atoms with Crippen LogP contribution in [0, 0.1) is 0 Å². The van der Waals surface area contributed by atoms with E-state index in [0.29, 0.717) is 25.9 Å². The smallest absolute Gasteiger partial charge is 0.405 e. The predicted octanol–water partition coefficient (Wildman–Crippen LogP) is 2.52. The Morgan fingerprint density at radius 1 is 1.03 bits per heavy atom. The second-order valence-electron chi connectivity index (χ2n) is 9.25. The molecule has 2 aromatic carbocycles. The molecule has 0 saturated carbocycles. The zero-order valence-electron chi connectivity index (χ0n) is 20.2. The second kappa shape index (κ2) is 11.7. The van der Waals surface area contributed by atoms with Crippen LogP contribution in [0.15, 0.2) is 60.7 Å². The van der Waals surface area contributed by atoms with Crippen molar-refractivity contribution in [1.29, 1.82) is 0 Å². The largest absolute Gasteiger partial charge is 0.465 e. The Kier molecular flexibility index (Phi) is 8.71. The summed E-state index contributed by atoms with van der Waals surface area (Å²) in [6.45, 7) is 7.14. The number of anilines is 1. The quantitative estimate of drug-likeness (QED) is 0.236. The number of carbonyl (C=O) groups excluding carboxylic acids is 1. The van der Waals surface area contributed by atoms with E-state index in [1.807, 2.05) is 36.4 Å². The van der Waals surface area contributed by atoms with Gasteiger partial charge in [-0.05, 0) is 45.1 Å². The first-order valence-electron chi connectivity index (χ1n) is 11.5. The zero-order chi connectivity index (χ0) is 25.3. The number of hydrogen-bond acceptors (Lipinski definition) is 6. The first-order chi connectivity index (χ1) is 16.7. The van der Waals surface area contributed by atoms with Gasteiger partial charge >= 0.3 is 6.09 Å². The van der Waals surface area contributed by atoms with Gasteiger partial charge < -0.3 is 14.8 Å². The van der Waals surface area contributed by atoms with E-state index < -0.39 is 26.4 Å². The number of unbranched alkanes of at least 4 members (excludes halogenated alkanes) is 1. The monoisotopic (exact) mass is 496 g/mol. The van der Waals surface area contributed by atoms with E-state index in [2.05, 4.69) is 76.3 Å². The normalized spacial score (nSPS) is 12.7. The molecule has 0 aliphatic carbocycles. The molecule has 11 heteroatoms. The molecule has 0 fully saturated rings. The number of tetrazole rings is 1. The van der Waals surface area contributed by atoms with E-state index in [1.165, 1.54) is 10.4 Å². The van der Waals surface area contributed by atoms with Gasteiger partial charge in [-0.1, -0.05) is 86.5 Å². The van der Waals surface area contributed by atoms with Crippen LogP contribution in [0.1, 0.15) is 40.0 Å². The Labute approximate surface area is 205 Å². The molecule has 0 radical (unpaired) electrons. The lowest BCUT2D eigenvalue weighted by Gasteiger charge is -2.43. The molecule has 3 aromatic rings. The van der Waals surface area contributed by atoms with Gasteiger partial charge in [-0.25, -0.2) is 9.89 Å². The Morgan fingerprint density at radius 2 is 1.63 bits per heavy atom. The summed E-state index contributed by atoms with van der Waals surface area (Å²) in [5, 5.41) is 29.0. The van der Waals surface area contributed by atoms with E-state index in [0.717, 1.165) is 0 Å². The maximum absolute atomic E-state index is 12.5. The molecule has 0 bridgehead atoms. The van der Waals surface area contributed by atoms with Gasteiger partial charge in [-0.3, -0.25) is 10.1 Å². The van der Waals surface area contributed by atoms with Crippen molar-refractivity contribution in [3.05, 3.63) is 60.7 Å². The Bertz CT molecular complexity index is 1030. The topological polar surface area (TPSA) is 142 Å². The standard InChI is InChI=1S/C24H32N6O4Si/c1-24(2,3)35(18-12-6-4-7-13-18,19-14-8-5-9-15-19)34-17-11-10-16-20(25-23(32)33)21(31)26-22-27-29-30-28-22/h4-9,12-15,20,25H,10-11,16-17H2,1-3H3,(H,32,33)(H2,26,27,28,29,30,31). The van der Waals surface area contributed by atoms with Crippen molar-refractivity contribution in [3.8, 4) is 0 Å². The molecule has 1 atom stereocenters. The average molecular weight is 497 g/mol. The number of aromatic nitrogens is 4. The lowest BCUT2D eigenvalue weighted by Crippen LogP contribution is -2.66. The molecular weight excluding hydrogens is 464 g/mol. The highest BCUT2D eigenvalue weighted by Crippen LogP contribution is 2.36. The number of carboxylic acid groups (broad SMARTS) is 1. The van der Waals surface area contributed by atoms with Crippen LogP contribution in [0.2, 0.25) is 5.04 Å².